The lowest BCUT2D eigenvalue weighted by Gasteiger charge is -2.35. The Labute approximate surface area is 187 Å². The second kappa shape index (κ2) is 8.32. The predicted octanol–water partition coefficient (Wildman–Crippen LogP) is 3.16. The Balaban J connectivity index is 1.57. The fourth-order valence-corrected chi connectivity index (χ4v) is 5.87. The molecule has 0 aliphatic carbocycles. The zero-order valence-electron chi connectivity index (χ0n) is 16.5. The van der Waals surface area contributed by atoms with Gasteiger partial charge in [0.1, 0.15) is 11.9 Å². The van der Waals surface area contributed by atoms with Crippen LogP contribution in [-0.2, 0) is 22.1 Å². The maximum absolute atomic E-state index is 13.4. The molecule has 0 spiro atoms. The minimum atomic E-state index is -3.89. The average Bonchev–Trinajstić information content (AvgIpc) is 3.35. The second-order valence-electron chi connectivity index (χ2n) is 7.19. The lowest BCUT2D eigenvalue weighted by atomic mass is 10.1. The highest BCUT2D eigenvalue weighted by atomic mass is 35.5. The molecule has 3 aromatic rings. The van der Waals surface area contributed by atoms with Crippen molar-refractivity contribution >= 4 is 44.7 Å². The number of hydrogen-bond acceptors (Lipinski definition) is 5. The van der Waals surface area contributed by atoms with Crippen molar-refractivity contribution in [2.75, 3.05) is 12.4 Å². The van der Waals surface area contributed by atoms with Crippen LogP contribution in [0.4, 0.5) is 10.1 Å². The van der Waals surface area contributed by atoms with Gasteiger partial charge in [0, 0.05) is 30.9 Å². The Hall–Kier alpha value is -2.31. The predicted molar refractivity (Wildman–Crippen MR) is 118 cm³/mol. The first-order valence-corrected chi connectivity index (χ1v) is 11.9. The highest BCUT2D eigenvalue weighted by Crippen LogP contribution is 2.35. The first-order valence-electron chi connectivity index (χ1n) is 9.23. The number of amides is 1. The smallest absolute Gasteiger partial charge is 0.280 e. The summed E-state index contributed by atoms with van der Waals surface area (Å²) in [5, 5.41) is 2.48. The number of anilines is 1. The van der Waals surface area contributed by atoms with E-state index in [-0.39, 0.29) is 17.1 Å². The molecule has 2 unspecified atom stereocenters. The topological polar surface area (TPSA) is 96.3 Å². The van der Waals surface area contributed by atoms with E-state index < -0.39 is 34.0 Å². The molecule has 8 nitrogen and oxygen atoms in total. The Kier molecular flexibility index (Phi) is 5.88. The van der Waals surface area contributed by atoms with Crippen LogP contribution in [0.3, 0.4) is 0 Å². The molecule has 0 saturated carbocycles. The number of carbonyl (C=O) groups excluding carboxylic acids is 1. The highest BCUT2D eigenvalue weighted by molar-refractivity contribution is 7.87. The Morgan fingerprint density at radius 2 is 2.10 bits per heavy atom. The summed E-state index contributed by atoms with van der Waals surface area (Å²) in [4.78, 5) is 18.9. The third kappa shape index (κ3) is 4.51. The maximum Gasteiger partial charge on any atom is 0.280 e. The Morgan fingerprint density at radius 3 is 2.77 bits per heavy atom. The molecular weight excluding hydrogens is 465 g/mol. The van der Waals surface area contributed by atoms with E-state index in [0.717, 1.165) is 25.8 Å². The lowest BCUT2D eigenvalue weighted by molar-refractivity contribution is -0.120. The Bertz CT molecular complexity index is 1240. The van der Waals surface area contributed by atoms with Gasteiger partial charge in [-0.15, -0.1) is 11.3 Å². The molecule has 0 radical (unpaired) electrons. The van der Waals surface area contributed by atoms with Crippen LogP contribution in [0.5, 0.6) is 0 Å². The van der Waals surface area contributed by atoms with Gasteiger partial charge in [-0.05, 0) is 36.8 Å². The minimum absolute atomic E-state index is 0.136. The van der Waals surface area contributed by atoms with Crippen LogP contribution in [0.15, 0.2) is 42.9 Å². The van der Waals surface area contributed by atoms with E-state index in [4.69, 9.17) is 11.6 Å². The number of carbonyl (C=O) groups is 1. The minimum Gasteiger partial charge on any atom is -0.340 e. The zero-order chi connectivity index (χ0) is 22.3. The molecule has 164 valence electrons. The van der Waals surface area contributed by atoms with Gasteiger partial charge in [-0.25, -0.2) is 9.37 Å². The zero-order valence-corrected chi connectivity index (χ0v) is 18.9. The number of hydrogen-bond donors (Lipinski definition) is 2. The third-order valence-electron chi connectivity index (χ3n) is 4.99. The van der Waals surface area contributed by atoms with Gasteiger partial charge in [-0.1, -0.05) is 11.6 Å². The largest absolute Gasteiger partial charge is 0.340 e. The van der Waals surface area contributed by atoms with Crippen molar-refractivity contribution in [2.24, 2.45) is 7.05 Å². The van der Waals surface area contributed by atoms with Gasteiger partial charge < -0.3 is 9.88 Å². The standard InChI is InChI=1S/C19H19ClFN5O3S2/c1-25-9-15(22-10-25)18-6-5-17(30-18)14-8-16(26(2)31(28,29)24-14)19(27)23-11-3-4-13(21)12(20)7-11/h3-7,9-10,14,16,24H,8H2,1-2H3,(H,23,27). The van der Waals surface area contributed by atoms with Crippen LogP contribution >= 0.6 is 22.9 Å². The molecule has 2 N–H and O–H groups in total. The number of aryl methyl sites for hydroxylation is 1. The van der Waals surface area contributed by atoms with Crippen molar-refractivity contribution in [1.29, 1.82) is 0 Å². The van der Waals surface area contributed by atoms with Crippen LogP contribution in [0, 0.1) is 5.82 Å². The first-order chi connectivity index (χ1) is 14.6. The number of thiophene rings is 1. The molecule has 1 aromatic carbocycles. The molecule has 1 amide bonds. The van der Waals surface area contributed by atoms with Crippen molar-refractivity contribution in [3.05, 3.63) is 58.6 Å². The van der Waals surface area contributed by atoms with Gasteiger partial charge in [0.2, 0.25) is 5.91 Å². The first kappa shape index (κ1) is 21.9. The van der Waals surface area contributed by atoms with Crippen molar-refractivity contribution in [3.63, 3.8) is 0 Å². The number of nitrogens with zero attached hydrogens (tertiary/aromatic N) is 3. The number of benzene rings is 1. The summed E-state index contributed by atoms with van der Waals surface area (Å²) in [6.07, 6.45) is 3.78. The summed E-state index contributed by atoms with van der Waals surface area (Å²) in [6.45, 7) is 0. The number of imidazole rings is 1. The number of aromatic nitrogens is 2. The quantitative estimate of drug-likeness (QED) is 0.595. The van der Waals surface area contributed by atoms with Gasteiger partial charge in [0.25, 0.3) is 10.2 Å². The van der Waals surface area contributed by atoms with Crippen LogP contribution in [-0.4, -0.2) is 41.3 Å². The van der Waals surface area contributed by atoms with E-state index in [1.54, 1.807) is 6.33 Å². The number of rotatable bonds is 4. The van der Waals surface area contributed by atoms with Gasteiger partial charge in [0.05, 0.1) is 28.0 Å². The monoisotopic (exact) mass is 483 g/mol. The van der Waals surface area contributed by atoms with Crippen molar-refractivity contribution in [1.82, 2.24) is 18.6 Å². The van der Waals surface area contributed by atoms with Crippen molar-refractivity contribution in [2.45, 2.75) is 18.5 Å². The molecule has 2 atom stereocenters. The summed E-state index contributed by atoms with van der Waals surface area (Å²) in [5.41, 5.74) is 1.07. The van der Waals surface area contributed by atoms with Crippen LogP contribution in [0.25, 0.3) is 10.6 Å². The number of likely N-dealkylation sites (N-methyl/N-ethyl adjacent to an activating group) is 1. The lowest BCUT2D eigenvalue weighted by Crippen LogP contribution is -2.55. The fourth-order valence-electron chi connectivity index (χ4n) is 3.31. The summed E-state index contributed by atoms with van der Waals surface area (Å²) < 4.78 is 44.2. The van der Waals surface area contributed by atoms with E-state index >= 15 is 0 Å². The summed E-state index contributed by atoms with van der Waals surface area (Å²) >= 11 is 7.18. The average molecular weight is 484 g/mol. The molecule has 1 fully saturated rings. The molecule has 3 heterocycles. The van der Waals surface area contributed by atoms with E-state index in [0.29, 0.717) is 0 Å². The number of halogens is 2. The Morgan fingerprint density at radius 1 is 1.32 bits per heavy atom. The van der Waals surface area contributed by atoms with E-state index in [9.17, 15) is 17.6 Å². The van der Waals surface area contributed by atoms with Gasteiger partial charge in [-0.2, -0.15) is 17.4 Å². The van der Waals surface area contributed by atoms with Crippen LogP contribution < -0.4 is 10.0 Å². The molecule has 0 bridgehead atoms. The molecule has 1 aliphatic heterocycles. The molecule has 31 heavy (non-hydrogen) atoms. The van der Waals surface area contributed by atoms with Crippen LogP contribution in [0.1, 0.15) is 17.3 Å². The van der Waals surface area contributed by atoms with Gasteiger partial charge in [0.15, 0.2) is 0 Å². The van der Waals surface area contributed by atoms with Gasteiger partial charge >= 0.3 is 0 Å². The number of nitrogens with one attached hydrogen (secondary N) is 2. The maximum atomic E-state index is 13.4. The van der Waals surface area contributed by atoms with E-state index in [2.05, 4.69) is 15.0 Å². The van der Waals surface area contributed by atoms with E-state index in [1.165, 1.54) is 30.5 Å². The molecular formula is C19H19ClFN5O3S2. The van der Waals surface area contributed by atoms with Crippen molar-refractivity contribution < 1.29 is 17.6 Å². The third-order valence-corrected chi connectivity index (χ3v) is 8.09. The van der Waals surface area contributed by atoms with Crippen LogP contribution in [0.2, 0.25) is 5.02 Å². The molecule has 4 rings (SSSR count). The summed E-state index contributed by atoms with van der Waals surface area (Å²) in [5.74, 6) is -1.13. The molecule has 12 heteroatoms. The SMILES string of the molecule is CN1C(C(=O)Nc2ccc(F)c(Cl)c2)CC(c2ccc(-c3cn(C)cn3)s2)NS1(=O)=O. The van der Waals surface area contributed by atoms with Crippen molar-refractivity contribution in [3.8, 4) is 10.6 Å². The normalized spacial score (nSPS) is 21.2. The highest BCUT2D eigenvalue weighted by Gasteiger charge is 2.41. The second-order valence-corrected chi connectivity index (χ2v) is 10.5. The fraction of sp³-hybridized carbons (Fsp3) is 0.263. The molecule has 2 aromatic heterocycles. The summed E-state index contributed by atoms with van der Waals surface area (Å²) in [7, 11) is -0.678. The summed E-state index contributed by atoms with van der Waals surface area (Å²) in [6, 6.07) is 5.96. The van der Waals surface area contributed by atoms with E-state index in [1.807, 2.05) is 29.9 Å². The van der Waals surface area contributed by atoms with Gasteiger partial charge in [-0.3, -0.25) is 4.79 Å². The molecule has 1 saturated heterocycles. The molecule has 1 aliphatic rings.